The van der Waals surface area contributed by atoms with Gasteiger partial charge in [0.25, 0.3) is 10.0 Å². The Hall–Kier alpha value is -2.25. The number of hydrogen-bond donors (Lipinski definition) is 0. The number of rotatable bonds is 7. The molecule has 26 heavy (non-hydrogen) atoms. The molecule has 0 saturated carbocycles. The molecular formula is C18H20ClNO5S. The Labute approximate surface area is 158 Å². The number of benzene rings is 2. The standard InChI is InChI=1S/C18H20ClNO5S/c1-4-24-18(21)12-25-15-10-13(2)9-14(11-15)20(3)26(22,23)17-8-6-5-7-16(17)19/h5-11H,4,12H2,1-3H3. The lowest BCUT2D eigenvalue weighted by Gasteiger charge is -2.21. The molecule has 0 aliphatic heterocycles. The molecule has 0 amide bonds. The van der Waals surface area contributed by atoms with Gasteiger partial charge in [-0.05, 0) is 43.7 Å². The first-order chi connectivity index (χ1) is 12.3. The normalized spacial score (nSPS) is 11.1. The number of esters is 1. The van der Waals surface area contributed by atoms with Crippen molar-refractivity contribution in [2.75, 3.05) is 24.6 Å². The Morgan fingerprint density at radius 2 is 1.88 bits per heavy atom. The lowest BCUT2D eigenvalue weighted by molar-refractivity contribution is -0.145. The van der Waals surface area contributed by atoms with Gasteiger partial charge in [-0.25, -0.2) is 13.2 Å². The van der Waals surface area contributed by atoms with E-state index in [9.17, 15) is 13.2 Å². The Balaban J connectivity index is 2.30. The second-order valence-corrected chi connectivity index (χ2v) is 7.85. The number of ether oxygens (including phenoxy) is 2. The minimum absolute atomic E-state index is 0.0136. The second kappa shape index (κ2) is 8.42. The summed E-state index contributed by atoms with van der Waals surface area (Å²) < 4.78 is 37.1. The van der Waals surface area contributed by atoms with Gasteiger partial charge in [0.1, 0.15) is 10.6 Å². The van der Waals surface area contributed by atoms with Gasteiger partial charge in [-0.1, -0.05) is 23.7 Å². The molecule has 8 heteroatoms. The van der Waals surface area contributed by atoms with Crippen LogP contribution in [0.5, 0.6) is 5.75 Å². The molecule has 0 saturated heterocycles. The lowest BCUT2D eigenvalue weighted by Crippen LogP contribution is -2.27. The summed E-state index contributed by atoms with van der Waals surface area (Å²) in [5.41, 5.74) is 1.17. The van der Waals surface area contributed by atoms with Crippen molar-refractivity contribution in [1.29, 1.82) is 0 Å². The third-order valence-electron chi connectivity index (χ3n) is 3.54. The quantitative estimate of drug-likeness (QED) is 0.669. The zero-order chi connectivity index (χ0) is 19.3. The van der Waals surface area contributed by atoms with Crippen molar-refractivity contribution in [3.8, 4) is 5.75 Å². The van der Waals surface area contributed by atoms with Crippen molar-refractivity contribution in [1.82, 2.24) is 0 Å². The van der Waals surface area contributed by atoms with Crippen LogP contribution in [0.25, 0.3) is 0 Å². The van der Waals surface area contributed by atoms with E-state index >= 15 is 0 Å². The summed E-state index contributed by atoms with van der Waals surface area (Å²) in [6.45, 7) is 3.52. The fourth-order valence-electron chi connectivity index (χ4n) is 2.28. The van der Waals surface area contributed by atoms with Gasteiger partial charge in [0, 0.05) is 13.1 Å². The Kier molecular flexibility index (Phi) is 6.50. The third-order valence-corrected chi connectivity index (χ3v) is 5.82. The summed E-state index contributed by atoms with van der Waals surface area (Å²) >= 11 is 6.04. The molecular weight excluding hydrogens is 378 g/mol. The Morgan fingerprint density at radius 3 is 2.54 bits per heavy atom. The minimum Gasteiger partial charge on any atom is -0.482 e. The van der Waals surface area contributed by atoms with Crippen molar-refractivity contribution in [3.63, 3.8) is 0 Å². The number of anilines is 1. The molecule has 2 aromatic carbocycles. The predicted octanol–water partition coefficient (Wildman–Crippen LogP) is 3.42. The third kappa shape index (κ3) is 4.68. The van der Waals surface area contributed by atoms with E-state index in [0.29, 0.717) is 11.4 Å². The van der Waals surface area contributed by atoms with Crippen LogP contribution in [0.4, 0.5) is 5.69 Å². The molecule has 2 rings (SSSR count). The topological polar surface area (TPSA) is 72.9 Å². The number of carbonyl (C=O) groups is 1. The van der Waals surface area contributed by atoms with Crippen LogP contribution in [0.2, 0.25) is 5.02 Å². The molecule has 0 radical (unpaired) electrons. The molecule has 0 N–H and O–H groups in total. The van der Waals surface area contributed by atoms with Crippen LogP contribution in [0.15, 0.2) is 47.4 Å². The first kappa shape index (κ1) is 20.1. The summed E-state index contributed by atoms with van der Waals surface area (Å²) in [7, 11) is -2.41. The van der Waals surface area contributed by atoms with Crippen LogP contribution < -0.4 is 9.04 Å². The van der Waals surface area contributed by atoms with E-state index in [1.807, 2.05) is 0 Å². The number of carbonyl (C=O) groups excluding carboxylic acids is 1. The van der Waals surface area contributed by atoms with Crippen LogP contribution in [0.3, 0.4) is 0 Å². The van der Waals surface area contributed by atoms with E-state index in [2.05, 4.69) is 0 Å². The van der Waals surface area contributed by atoms with Crippen molar-refractivity contribution in [3.05, 3.63) is 53.1 Å². The van der Waals surface area contributed by atoms with Gasteiger partial charge in [0.2, 0.25) is 0 Å². The molecule has 140 valence electrons. The summed E-state index contributed by atoms with van der Waals surface area (Å²) in [6.07, 6.45) is 0. The highest BCUT2D eigenvalue weighted by atomic mass is 35.5. The van der Waals surface area contributed by atoms with Crippen LogP contribution >= 0.6 is 11.6 Å². The fraction of sp³-hybridized carbons (Fsp3) is 0.278. The van der Waals surface area contributed by atoms with E-state index in [0.717, 1.165) is 9.87 Å². The molecule has 0 aliphatic rings. The zero-order valence-corrected chi connectivity index (χ0v) is 16.3. The molecule has 0 bridgehead atoms. The maximum atomic E-state index is 12.9. The average molecular weight is 398 g/mol. The SMILES string of the molecule is CCOC(=O)COc1cc(C)cc(N(C)S(=O)(=O)c2ccccc2Cl)c1. The van der Waals surface area contributed by atoms with Crippen molar-refractivity contribution in [2.45, 2.75) is 18.7 Å². The number of hydrogen-bond acceptors (Lipinski definition) is 5. The number of halogens is 1. The molecule has 0 heterocycles. The van der Waals surface area contributed by atoms with E-state index in [1.54, 1.807) is 44.2 Å². The Morgan fingerprint density at radius 1 is 1.19 bits per heavy atom. The maximum absolute atomic E-state index is 12.9. The molecule has 0 aromatic heterocycles. The molecule has 0 unspecified atom stereocenters. The highest BCUT2D eigenvalue weighted by molar-refractivity contribution is 7.93. The van der Waals surface area contributed by atoms with Gasteiger partial charge in [-0.2, -0.15) is 0 Å². The number of aryl methyl sites for hydroxylation is 1. The smallest absolute Gasteiger partial charge is 0.344 e. The van der Waals surface area contributed by atoms with Crippen molar-refractivity contribution in [2.24, 2.45) is 0 Å². The van der Waals surface area contributed by atoms with Gasteiger partial charge in [-0.3, -0.25) is 4.31 Å². The minimum atomic E-state index is -3.84. The molecule has 2 aromatic rings. The second-order valence-electron chi connectivity index (χ2n) is 5.50. The van der Waals surface area contributed by atoms with Crippen molar-refractivity contribution < 1.29 is 22.7 Å². The molecule has 0 fully saturated rings. The molecule has 0 aliphatic carbocycles. The summed E-state index contributed by atoms with van der Waals surface area (Å²) in [5.74, 6) is -0.123. The monoisotopic (exact) mass is 397 g/mol. The van der Waals surface area contributed by atoms with Crippen molar-refractivity contribution >= 4 is 33.3 Å². The molecule has 0 atom stereocenters. The highest BCUT2D eigenvalue weighted by Crippen LogP contribution is 2.30. The van der Waals surface area contributed by atoms with E-state index in [-0.39, 0.29) is 23.1 Å². The van der Waals surface area contributed by atoms with Gasteiger partial charge in [0.05, 0.1) is 17.3 Å². The maximum Gasteiger partial charge on any atom is 0.344 e. The number of sulfonamides is 1. The summed E-state index contributed by atoms with van der Waals surface area (Å²) in [4.78, 5) is 11.4. The van der Waals surface area contributed by atoms with Gasteiger partial charge in [-0.15, -0.1) is 0 Å². The van der Waals surface area contributed by atoms with Gasteiger partial charge < -0.3 is 9.47 Å². The molecule has 6 nitrogen and oxygen atoms in total. The van der Waals surface area contributed by atoms with Crippen LogP contribution in [-0.4, -0.2) is 34.6 Å². The molecule has 0 spiro atoms. The number of nitrogens with zero attached hydrogens (tertiary/aromatic N) is 1. The van der Waals surface area contributed by atoms with Crippen LogP contribution in [-0.2, 0) is 19.6 Å². The van der Waals surface area contributed by atoms with Gasteiger partial charge >= 0.3 is 5.97 Å². The van der Waals surface area contributed by atoms with E-state index in [4.69, 9.17) is 21.1 Å². The summed E-state index contributed by atoms with van der Waals surface area (Å²) in [6, 6.07) is 11.2. The summed E-state index contributed by atoms with van der Waals surface area (Å²) in [5, 5.41) is 0.144. The van der Waals surface area contributed by atoms with Crippen LogP contribution in [0.1, 0.15) is 12.5 Å². The van der Waals surface area contributed by atoms with E-state index < -0.39 is 16.0 Å². The van der Waals surface area contributed by atoms with E-state index in [1.165, 1.54) is 19.2 Å². The van der Waals surface area contributed by atoms with Crippen LogP contribution in [0, 0.1) is 6.92 Å². The predicted molar refractivity (Wildman–Crippen MR) is 100 cm³/mol. The van der Waals surface area contributed by atoms with Gasteiger partial charge in [0.15, 0.2) is 6.61 Å². The average Bonchev–Trinajstić information content (AvgIpc) is 2.59. The fourth-order valence-corrected chi connectivity index (χ4v) is 3.95. The first-order valence-corrected chi connectivity index (χ1v) is 9.71. The lowest BCUT2D eigenvalue weighted by atomic mass is 10.2. The largest absolute Gasteiger partial charge is 0.482 e. The first-order valence-electron chi connectivity index (χ1n) is 7.89. The Bertz CT molecular complexity index is 898. The zero-order valence-electron chi connectivity index (χ0n) is 14.7. The highest BCUT2D eigenvalue weighted by Gasteiger charge is 2.24.